The zero-order valence-electron chi connectivity index (χ0n) is 12.1. The molecule has 0 radical (unpaired) electrons. The van der Waals surface area contributed by atoms with Crippen molar-refractivity contribution >= 4 is 10.0 Å². The van der Waals surface area contributed by atoms with E-state index in [-0.39, 0.29) is 4.90 Å². The summed E-state index contributed by atoms with van der Waals surface area (Å²) in [7, 11) is -1.93. The summed E-state index contributed by atoms with van der Waals surface area (Å²) in [6.07, 6.45) is 2.56. The molecule has 7 heteroatoms. The van der Waals surface area contributed by atoms with E-state index in [0.29, 0.717) is 25.3 Å². The topological polar surface area (TPSA) is 73.2 Å². The van der Waals surface area contributed by atoms with Crippen molar-refractivity contribution < 1.29 is 13.2 Å². The van der Waals surface area contributed by atoms with Crippen LogP contribution in [0, 0.1) is 6.92 Å². The van der Waals surface area contributed by atoms with Gasteiger partial charge in [0.15, 0.2) is 0 Å². The van der Waals surface area contributed by atoms with Crippen LogP contribution >= 0.6 is 0 Å². The van der Waals surface area contributed by atoms with Crippen LogP contribution in [0.15, 0.2) is 41.4 Å². The Morgan fingerprint density at radius 2 is 1.95 bits per heavy atom. The predicted molar refractivity (Wildman–Crippen MR) is 79.8 cm³/mol. The molecule has 1 N–H and O–H groups in total. The summed E-state index contributed by atoms with van der Waals surface area (Å²) in [5.41, 5.74) is 0.953. The maximum absolute atomic E-state index is 12.1. The molecule has 0 saturated carbocycles. The highest BCUT2D eigenvalue weighted by atomic mass is 32.2. The molecule has 114 valence electrons. The third-order valence-electron chi connectivity index (χ3n) is 3.00. The largest absolute Gasteiger partial charge is 0.497 e. The van der Waals surface area contributed by atoms with Gasteiger partial charge in [0, 0.05) is 19.3 Å². The van der Waals surface area contributed by atoms with Gasteiger partial charge in [-0.2, -0.15) is 5.10 Å². The van der Waals surface area contributed by atoms with E-state index in [1.54, 1.807) is 23.9 Å². The molecule has 0 amide bonds. The average molecular weight is 309 g/mol. The van der Waals surface area contributed by atoms with Gasteiger partial charge in [-0.05, 0) is 43.7 Å². The van der Waals surface area contributed by atoms with Crippen LogP contribution in [0.3, 0.4) is 0 Å². The smallest absolute Gasteiger partial charge is 0.240 e. The molecule has 0 atom stereocenters. The van der Waals surface area contributed by atoms with Crippen molar-refractivity contribution in [1.82, 2.24) is 14.5 Å². The summed E-state index contributed by atoms with van der Waals surface area (Å²) in [6, 6.07) is 8.22. The van der Waals surface area contributed by atoms with E-state index in [2.05, 4.69) is 9.82 Å². The molecular formula is C14H19N3O3S. The lowest BCUT2D eigenvalue weighted by molar-refractivity contribution is 0.414. The van der Waals surface area contributed by atoms with E-state index < -0.39 is 10.0 Å². The Hall–Kier alpha value is -1.86. The third-order valence-corrected chi connectivity index (χ3v) is 4.48. The Balaban J connectivity index is 1.85. The molecule has 1 heterocycles. The number of aryl methyl sites for hydroxylation is 2. The maximum Gasteiger partial charge on any atom is 0.240 e. The van der Waals surface area contributed by atoms with Crippen LogP contribution < -0.4 is 9.46 Å². The molecule has 1 aromatic heterocycles. The van der Waals surface area contributed by atoms with E-state index in [1.807, 2.05) is 19.2 Å². The van der Waals surface area contributed by atoms with Crippen molar-refractivity contribution in [2.45, 2.75) is 24.8 Å². The Kier molecular flexibility index (Phi) is 4.98. The lowest BCUT2D eigenvalue weighted by Gasteiger charge is -2.07. The Bertz CT molecular complexity index is 678. The summed E-state index contributed by atoms with van der Waals surface area (Å²) >= 11 is 0. The van der Waals surface area contributed by atoms with Gasteiger partial charge in [-0.1, -0.05) is 0 Å². The van der Waals surface area contributed by atoms with E-state index in [9.17, 15) is 8.42 Å². The second-order valence-electron chi connectivity index (χ2n) is 4.65. The van der Waals surface area contributed by atoms with Crippen LogP contribution in [-0.2, 0) is 16.6 Å². The first-order valence-electron chi connectivity index (χ1n) is 6.65. The molecule has 0 bridgehead atoms. The molecule has 2 aromatic rings. The molecular weight excluding hydrogens is 290 g/mol. The molecule has 1 aromatic carbocycles. The first-order chi connectivity index (χ1) is 10.0. The molecule has 0 aliphatic rings. The van der Waals surface area contributed by atoms with Crippen molar-refractivity contribution in [3.8, 4) is 5.75 Å². The minimum absolute atomic E-state index is 0.234. The molecule has 0 saturated heterocycles. The summed E-state index contributed by atoms with van der Waals surface area (Å²) < 4.78 is 33.5. The minimum atomic E-state index is -3.47. The number of sulfonamides is 1. The standard InChI is InChI=1S/C14H19N3O3S/c1-12-8-11-17(16-12)10-3-9-15-21(18,19)14-6-4-13(20-2)5-7-14/h4-8,11,15H,3,9-10H2,1-2H3. The van der Waals surface area contributed by atoms with Gasteiger partial charge in [-0.15, -0.1) is 0 Å². The number of aromatic nitrogens is 2. The molecule has 0 spiro atoms. The van der Waals surface area contributed by atoms with Gasteiger partial charge < -0.3 is 4.74 Å². The SMILES string of the molecule is COc1ccc(S(=O)(=O)NCCCn2ccc(C)n2)cc1. The van der Waals surface area contributed by atoms with Gasteiger partial charge in [0.2, 0.25) is 10.0 Å². The van der Waals surface area contributed by atoms with Crippen LogP contribution in [0.5, 0.6) is 5.75 Å². The number of nitrogens with one attached hydrogen (secondary N) is 1. The summed E-state index contributed by atoms with van der Waals surface area (Å²) in [5.74, 6) is 0.628. The van der Waals surface area contributed by atoms with Crippen LogP contribution in [0.2, 0.25) is 0 Å². The zero-order chi connectivity index (χ0) is 15.3. The zero-order valence-corrected chi connectivity index (χ0v) is 12.9. The van der Waals surface area contributed by atoms with E-state index >= 15 is 0 Å². The summed E-state index contributed by atoms with van der Waals surface area (Å²) in [4.78, 5) is 0.234. The fourth-order valence-electron chi connectivity index (χ4n) is 1.87. The number of benzene rings is 1. The quantitative estimate of drug-likeness (QED) is 0.788. The Morgan fingerprint density at radius 3 is 2.52 bits per heavy atom. The highest BCUT2D eigenvalue weighted by Crippen LogP contribution is 2.15. The number of ether oxygens (including phenoxy) is 1. The van der Waals surface area contributed by atoms with E-state index in [0.717, 1.165) is 5.69 Å². The van der Waals surface area contributed by atoms with Crippen molar-refractivity contribution in [3.05, 3.63) is 42.2 Å². The number of methoxy groups -OCH3 is 1. The van der Waals surface area contributed by atoms with Gasteiger partial charge >= 0.3 is 0 Å². The molecule has 2 rings (SSSR count). The van der Waals surface area contributed by atoms with Gasteiger partial charge in [0.05, 0.1) is 17.7 Å². The molecule has 0 aliphatic heterocycles. The number of rotatable bonds is 7. The number of hydrogen-bond donors (Lipinski definition) is 1. The van der Waals surface area contributed by atoms with Crippen LogP contribution in [0.1, 0.15) is 12.1 Å². The minimum Gasteiger partial charge on any atom is -0.497 e. The average Bonchev–Trinajstić information content (AvgIpc) is 2.89. The van der Waals surface area contributed by atoms with Crippen molar-refractivity contribution in [2.24, 2.45) is 0 Å². The monoisotopic (exact) mass is 309 g/mol. The Morgan fingerprint density at radius 1 is 1.24 bits per heavy atom. The van der Waals surface area contributed by atoms with Gasteiger partial charge in [-0.3, -0.25) is 4.68 Å². The predicted octanol–water partition coefficient (Wildman–Crippen LogP) is 1.57. The van der Waals surface area contributed by atoms with Crippen molar-refractivity contribution in [1.29, 1.82) is 0 Å². The van der Waals surface area contributed by atoms with Crippen LogP contribution in [-0.4, -0.2) is 31.9 Å². The normalized spacial score (nSPS) is 11.5. The van der Waals surface area contributed by atoms with Gasteiger partial charge in [0.25, 0.3) is 0 Å². The second-order valence-corrected chi connectivity index (χ2v) is 6.41. The number of nitrogens with zero attached hydrogens (tertiary/aromatic N) is 2. The molecule has 0 aliphatic carbocycles. The lowest BCUT2D eigenvalue weighted by Crippen LogP contribution is -2.25. The fourth-order valence-corrected chi connectivity index (χ4v) is 2.95. The lowest BCUT2D eigenvalue weighted by atomic mass is 10.3. The molecule has 0 fully saturated rings. The van der Waals surface area contributed by atoms with Crippen LogP contribution in [0.4, 0.5) is 0 Å². The third kappa shape index (κ3) is 4.30. The first kappa shape index (κ1) is 15.5. The molecule has 0 unspecified atom stereocenters. The molecule has 21 heavy (non-hydrogen) atoms. The second kappa shape index (κ2) is 6.73. The fraction of sp³-hybridized carbons (Fsp3) is 0.357. The maximum atomic E-state index is 12.1. The Labute approximate surface area is 124 Å². The molecule has 6 nitrogen and oxygen atoms in total. The summed E-state index contributed by atoms with van der Waals surface area (Å²) in [6.45, 7) is 2.97. The highest BCUT2D eigenvalue weighted by molar-refractivity contribution is 7.89. The first-order valence-corrected chi connectivity index (χ1v) is 8.13. The van der Waals surface area contributed by atoms with E-state index in [1.165, 1.54) is 12.1 Å². The number of hydrogen-bond acceptors (Lipinski definition) is 4. The highest BCUT2D eigenvalue weighted by Gasteiger charge is 2.12. The van der Waals surface area contributed by atoms with Crippen LogP contribution in [0.25, 0.3) is 0 Å². The van der Waals surface area contributed by atoms with Crippen molar-refractivity contribution in [2.75, 3.05) is 13.7 Å². The van der Waals surface area contributed by atoms with Gasteiger partial charge in [-0.25, -0.2) is 13.1 Å². The van der Waals surface area contributed by atoms with E-state index in [4.69, 9.17) is 4.74 Å². The van der Waals surface area contributed by atoms with Crippen molar-refractivity contribution in [3.63, 3.8) is 0 Å². The van der Waals surface area contributed by atoms with Gasteiger partial charge in [0.1, 0.15) is 5.75 Å². The summed E-state index contributed by atoms with van der Waals surface area (Å²) in [5, 5.41) is 4.25.